The fraction of sp³-hybridized carbons (Fsp3) is 0.632. The summed E-state index contributed by atoms with van der Waals surface area (Å²) in [5.41, 5.74) is 2.69. The van der Waals surface area contributed by atoms with Crippen molar-refractivity contribution >= 4 is 5.91 Å². The summed E-state index contributed by atoms with van der Waals surface area (Å²) < 4.78 is 11.2. The van der Waals surface area contributed by atoms with Gasteiger partial charge in [0.25, 0.3) is 0 Å². The highest BCUT2D eigenvalue weighted by molar-refractivity contribution is 5.78. The van der Waals surface area contributed by atoms with E-state index in [1.807, 2.05) is 4.90 Å². The average Bonchev–Trinajstić information content (AvgIpc) is 3.16. The lowest BCUT2D eigenvalue weighted by molar-refractivity contribution is -0.134. The molecule has 3 heterocycles. The third-order valence-corrected chi connectivity index (χ3v) is 5.51. The Hall–Kier alpha value is -1.43. The molecule has 0 radical (unpaired) electrons. The van der Waals surface area contributed by atoms with Gasteiger partial charge in [0.05, 0.1) is 19.8 Å². The number of ether oxygens (including phenoxy) is 2. The molecule has 1 aromatic carbocycles. The van der Waals surface area contributed by atoms with E-state index in [1.165, 1.54) is 11.1 Å². The molecule has 3 aliphatic heterocycles. The van der Waals surface area contributed by atoms with E-state index in [4.69, 9.17) is 9.47 Å². The van der Waals surface area contributed by atoms with E-state index in [-0.39, 0.29) is 12.2 Å². The van der Waals surface area contributed by atoms with Gasteiger partial charge < -0.3 is 14.4 Å². The molecular formula is C19H26N2O3. The topological polar surface area (TPSA) is 42.0 Å². The van der Waals surface area contributed by atoms with Crippen molar-refractivity contribution in [3.05, 3.63) is 35.4 Å². The number of hydrogen-bond donors (Lipinski definition) is 0. The molecule has 1 amide bonds. The number of benzene rings is 1. The molecule has 130 valence electrons. The Balaban J connectivity index is 1.27. The summed E-state index contributed by atoms with van der Waals surface area (Å²) in [5, 5.41) is 0. The number of nitrogens with zero attached hydrogens (tertiary/aromatic N) is 2. The fourth-order valence-corrected chi connectivity index (χ4v) is 4.03. The number of likely N-dealkylation sites (tertiary alicyclic amines) is 1. The lowest BCUT2D eigenvalue weighted by Crippen LogP contribution is -2.46. The number of carbonyl (C=O) groups is 1. The summed E-state index contributed by atoms with van der Waals surface area (Å²) in [4.78, 5) is 16.9. The van der Waals surface area contributed by atoms with E-state index < -0.39 is 0 Å². The number of hydrogen-bond acceptors (Lipinski definition) is 4. The van der Waals surface area contributed by atoms with Gasteiger partial charge in [-0.05, 0) is 43.5 Å². The summed E-state index contributed by atoms with van der Waals surface area (Å²) in [5.74, 6) is 0.747. The first-order chi connectivity index (χ1) is 11.8. The molecule has 2 fully saturated rings. The second-order valence-corrected chi connectivity index (χ2v) is 7.06. The van der Waals surface area contributed by atoms with E-state index in [0.717, 1.165) is 58.7 Å². The maximum Gasteiger partial charge on any atom is 0.237 e. The average molecular weight is 330 g/mol. The van der Waals surface area contributed by atoms with Crippen molar-refractivity contribution in [2.24, 2.45) is 5.92 Å². The number of piperidine rings is 1. The van der Waals surface area contributed by atoms with Gasteiger partial charge >= 0.3 is 0 Å². The molecule has 24 heavy (non-hydrogen) atoms. The van der Waals surface area contributed by atoms with Crippen LogP contribution < -0.4 is 0 Å². The summed E-state index contributed by atoms with van der Waals surface area (Å²) in [6.45, 7) is 5.51. The molecule has 5 nitrogen and oxygen atoms in total. The molecule has 0 aliphatic carbocycles. The van der Waals surface area contributed by atoms with Crippen LogP contribution in [0.2, 0.25) is 0 Å². The van der Waals surface area contributed by atoms with Gasteiger partial charge in [0.1, 0.15) is 0 Å². The predicted octanol–water partition coefficient (Wildman–Crippen LogP) is 1.66. The standard InChI is InChI=1S/C19H26N2O3/c22-18(21-10-7-15-3-1-2-4-17(15)13-21)14-20-8-5-16(6-9-20)19-23-11-12-24-19/h1-4,16,19H,5-14H2. The van der Waals surface area contributed by atoms with Crippen molar-refractivity contribution in [2.45, 2.75) is 32.1 Å². The molecule has 0 atom stereocenters. The van der Waals surface area contributed by atoms with Gasteiger partial charge in [0.2, 0.25) is 5.91 Å². The molecule has 0 bridgehead atoms. The third kappa shape index (κ3) is 3.48. The van der Waals surface area contributed by atoms with Crippen LogP contribution in [0, 0.1) is 5.92 Å². The van der Waals surface area contributed by atoms with Crippen LogP contribution >= 0.6 is 0 Å². The van der Waals surface area contributed by atoms with Crippen molar-refractivity contribution < 1.29 is 14.3 Å². The molecule has 0 N–H and O–H groups in total. The first-order valence-electron chi connectivity index (χ1n) is 9.10. The minimum absolute atomic E-state index is 0.0125. The maximum absolute atomic E-state index is 12.6. The smallest absolute Gasteiger partial charge is 0.237 e. The van der Waals surface area contributed by atoms with E-state index in [9.17, 15) is 4.79 Å². The zero-order valence-electron chi connectivity index (χ0n) is 14.2. The molecule has 0 spiro atoms. The van der Waals surface area contributed by atoms with Gasteiger partial charge in [0.15, 0.2) is 6.29 Å². The maximum atomic E-state index is 12.6. The largest absolute Gasteiger partial charge is 0.350 e. The molecule has 0 aromatic heterocycles. The van der Waals surface area contributed by atoms with Crippen LogP contribution in [-0.2, 0) is 27.2 Å². The second-order valence-electron chi connectivity index (χ2n) is 7.06. The Bertz CT molecular complexity index is 578. The summed E-state index contributed by atoms with van der Waals surface area (Å²) in [7, 11) is 0. The van der Waals surface area contributed by atoms with Gasteiger partial charge in [-0.1, -0.05) is 24.3 Å². The van der Waals surface area contributed by atoms with Crippen molar-refractivity contribution in [3.8, 4) is 0 Å². The number of amides is 1. The summed E-state index contributed by atoms with van der Waals surface area (Å²) in [6, 6.07) is 8.46. The molecule has 0 saturated carbocycles. The van der Waals surface area contributed by atoms with Crippen molar-refractivity contribution in [1.82, 2.24) is 9.80 Å². The number of carbonyl (C=O) groups excluding carboxylic acids is 1. The molecule has 5 heteroatoms. The highest BCUT2D eigenvalue weighted by Crippen LogP contribution is 2.26. The Morgan fingerprint density at radius 2 is 1.75 bits per heavy atom. The fourth-order valence-electron chi connectivity index (χ4n) is 4.03. The third-order valence-electron chi connectivity index (χ3n) is 5.51. The van der Waals surface area contributed by atoms with Gasteiger partial charge in [-0.2, -0.15) is 0 Å². The zero-order chi connectivity index (χ0) is 16.4. The molecule has 0 unspecified atom stereocenters. The molecule has 3 aliphatic rings. The Morgan fingerprint density at radius 1 is 1.04 bits per heavy atom. The van der Waals surface area contributed by atoms with Crippen LogP contribution in [0.5, 0.6) is 0 Å². The van der Waals surface area contributed by atoms with Crippen molar-refractivity contribution in [1.29, 1.82) is 0 Å². The molecule has 4 rings (SSSR count). The normalized spacial score (nSPS) is 23.4. The van der Waals surface area contributed by atoms with E-state index in [2.05, 4.69) is 29.2 Å². The number of rotatable bonds is 3. The van der Waals surface area contributed by atoms with Crippen LogP contribution in [0.4, 0.5) is 0 Å². The van der Waals surface area contributed by atoms with Crippen LogP contribution in [0.1, 0.15) is 24.0 Å². The minimum atomic E-state index is -0.0125. The SMILES string of the molecule is O=C(CN1CCC(C2OCCO2)CC1)N1CCc2ccccc2C1. The van der Waals surface area contributed by atoms with E-state index in [0.29, 0.717) is 12.5 Å². The quantitative estimate of drug-likeness (QED) is 0.845. The molecule has 2 saturated heterocycles. The predicted molar refractivity (Wildman–Crippen MR) is 90.4 cm³/mol. The van der Waals surface area contributed by atoms with Gasteiger partial charge in [-0.15, -0.1) is 0 Å². The second kappa shape index (κ2) is 7.21. The highest BCUT2D eigenvalue weighted by Gasteiger charge is 2.31. The highest BCUT2D eigenvalue weighted by atomic mass is 16.7. The number of fused-ring (bicyclic) bond motifs is 1. The van der Waals surface area contributed by atoms with Crippen LogP contribution in [0.25, 0.3) is 0 Å². The zero-order valence-corrected chi connectivity index (χ0v) is 14.2. The van der Waals surface area contributed by atoms with E-state index >= 15 is 0 Å². The lowest BCUT2D eigenvalue weighted by atomic mass is 9.96. The summed E-state index contributed by atoms with van der Waals surface area (Å²) >= 11 is 0. The van der Waals surface area contributed by atoms with Crippen LogP contribution in [0.3, 0.4) is 0 Å². The first-order valence-corrected chi connectivity index (χ1v) is 9.10. The van der Waals surface area contributed by atoms with Crippen LogP contribution in [-0.4, -0.2) is 61.4 Å². The Kier molecular flexibility index (Phi) is 4.83. The van der Waals surface area contributed by atoms with Crippen LogP contribution in [0.15, 0.2) is 24.3 Å². The summed E-state index contributed by atoms with van der Waals surface area (Å²) in [6.07, 6.45) is 3.07. The Morgan fingerprint density at radius 3 is 2.50 bits per heavy atom. The monoisotopic (exact) mass is 330 g/mol. The molecular weight excluding hydrogens is 304 g/mol. The first kappa shape index (κ1) is 16.1. The van der Waals surface area contributed by atoms with Gasteiger partial charge in [-0.25, -0.2) is 0 Å². The minimum Gasteiger partial charge on any atom is -0.350 e. The lowest BCUT2D eigenvalue weighted by Gasteiger charge is -2.35. The van der Waals surface area contributed by atoms with Gasteiger partial charge in [-0.3, -0.25) is 9.69 Å². The van der Waals surface area contributed by atoms with Gasteiger partial charge in [0, 0.05) is 19.0 Å². The van der Waals surface area contributed by atoms with Crippen molar-refractivity contribution in [3.63, 3.8) is 0 Å². The van der Waals surface area contributed by atoms with E-state index in [1.54, 1.807) is 0 Å². The van der Waals surface area contributed by atoms with Crippen molar-refractivity contribution in [2.75, 3.05) is 39.4 Å². The molecule has 1 aromatic rings. The Labute approximate surface area is 143 Å².